The molecule has 2 N–H and O–H groups in total. The van der Waals surface area contributed by atoms with Crippen molar-refractivity contribution in [2.24, 2.45) is 28.4 Å². The number of fused-ring (bicyclic) bond motifs is 1. The third-order valence-corrected chi connectivity index (χ3v) is 9.80. The number of ketones is 2. The van der Waals surface area contributed by atoms with Crippen LogP contribution in [-0.2, 0) is 9.59 Å². The van der Waals surface area contributed by atoms with Crippen LogP contribution in [0.25, 0.3) is 0 Å². The van der Waals surface area contributed by atoms with Crippen LogP contribution in [0.1, 0.15) is 65.7 Å². The van der Waals surface area contributed by atoms with Gasteiger partial charge in [0.2, 0.25) is 0 Å². The van der Waals surface area contributed by atoms with Crippen LogP contribution in [0, 0.1) is 22.7 Å². The molecule has 2 aliphatic rings. The van der Waals surface area contributed by atoms with Gasteiger partial charge in [0, 0.05) is 28.8 Å². The van der Waals surface area contributed by atoms with Gasteiger partial charge in [0.1, 0.15) is 5.78 Å². The van der Waals surface area contributed by atoms with Crippen molar-refractivity contribution in [3.8, 4) is 0 Å². The van der Waals surface area contributed by atoms with E-state index in [1.54, 1.807) is 0 Å². The van der Waals surface area contributed by atoms with Gasteiger partial charge >= 0.3 is 0 Å². The molecule has 26 heavy (non-hydrogen) atoms. The maximum Gasteiger partial charge on any atom is 0.153 e. The van der Waals surface area contributed by atoms with Gasteiger partial charge in [-0.1, -0.05) is 33.6 Å². The molecule has 1 saturated carbocycles. The molecular formula is C21H37NO2S2. The number of carbonyl (C=O) groups is 2. The summed E-state index contributed by atoms with van der Waals surface area (Å²) in [7, 11) is 0. The summed E-state index contributed by atoms with van der Waals surface area (Å²) >= 11 is 3.91. The summed E-state index contributed by atoms with van der Waals surface area (Å²) in [5.74, 6) is 6.03. The lowest BCUT2D eigenvalue weighted by Gasteiger charge is -2.33. The van der Waals surface area contributed by atoms with Crippen molar-refractivity contribution in [2.75, 3.05) is 29.6 Å². The predicted octanol–water partition coefficient (Wildman–Crippen LogP) is 4.57. The molecule has 0 unspecified atom stereocenters. The molecule has 5 heteroatoms. The van der Waals surface area contributed by atoms with Crippen LogP contribution >= 0.6 is 23.5 Å². The minimum Gasteiger partial charge on any atom is -0.324 e. The van der Waals surface area contributed by atoms with Crippen LogP contribution in [0.15, 0.2) is 0 Å². The Balaban J connectivity index is 2.19. The smallest absolute Gasteiger partial charge is 0.153 e. The van der Waals surface area contributed by atoms with E-state index in [9.17, 15) is 9.59 Å². The van der Waals surface area contributed by atoms with Gasteiger partial charge in [-0.25, -0.2) is 0 Å². The summed E-state index contributed by atoms with van der Waals surface area (Å²) in [4.78, 5) is 25.5. The Bertz CT molecular complexity index is 498. The lowest BCUT2D eigenvalue weighted by Crippen LogP contribution is -2.38. The Morgan fingerprint density at radius 3 is 2.23 bits per heavy atom. The first-order valence-corrected chi connectivity index (χ1v) is 12.6. The Hall–Kier alpha value is -0.0000000000000000555. The van der Waals surface area contributed by atoms with Gasteiger partial charge in [0.25, 0.3) is 0 Å². The van der Waals surface area contributed by atoms with E-state index in [0.29, 0.717) is 18.6 Å². The molecule has 1 saturated heterocycles. The fourth-order valence-corrected chi connectivity index (χ4v) is 7.49. The molecule has 0 aromatic rings. The molecule has 0 aromatic carbocycles. The van der Waals surface area contributed by atoms with Gasteiger partial charge in [-0.05, 0) is 49.0 Å². The van der Waals surface area contributed by atoms with Crippen molar-refractivity contribution in [3.05, 3.63) is 0 Å². The highest BCUT2D eigenvalue weighted by Gasteiger charge is 2.37. The average molecular weight is 400 g/mol. The zero-order valence-corrected chi connectivity index (χ0v) is 18.5. The highest BCUT2D eigenvalue weighted by atomic mass is 32.2. The molecular weight excluding hydrogens is 362 g/mol. The predicted molar refractivity (Wildman–Crippen MR) is 115 cm³/mol. The molecule has 0 spiro atoms. The van der Waals surface area contributed by atoms with E-state index in [2.05, 4.69) is 13.8 Å². The van der Waals surface area contributed by atoms with Gasteiger partial charge in [-0.15, -0.1) is 0 Å². The first-order chi connectivity index (χ1) is 12.3. The van der Waals surface area contributed by atoms with Crippen LogP contribution < -0.4 is 5.73 Å². The zero-order chi connectivity index (χ0) is 19.2. The quantitative estimate of drug-likeness (QED) is 0.753. The van der Waals surface area contributed by atoms with Crippen molar-refractivity contribution in [2.45, 2.75) is 65.7 Å². The van der Waals surface area contributed by atoms with Crippen LogP contribution in [0.3, 0.4) is 0 Å². The van der Waals surface area contributed by atoms with E-state index in [1.807, 2.05) is 30.4 Å². The normalized spacial score (nSPS) is 37.8. The van der Waals surface area contributed by atoms with Crippen molar-refractivity contribution in [1.29, 1.82) is 0 Å². The van der Waals surface area contributed by atoms with E-state index in [0.717, 1.165) is 35.5 Å². The minimum atomic E-state index is -0.463. The lowest BCUT2D eigenvalue weighted by molar-refractivity contribution is -0.129. The molecule has 1 aliphatic carbocycles. The third kappa shape index (κ3) is 5.51. The number of hydrogen-bond donors (Lipinski definition) is 1. The molecule has 1 aliphatic heterocycles. The van der Waals surface area contributed by atoms with Crippen molar-refractivity contribution >= 4 is 35.1 Å². The fraction of sp³-hybridized carbons (Fsp3) is 0.905. The topological polar surface area (TPSA) is 60.2 Å². The Labute approximate surface area is 168 Å². The van der Waals surface area contributed by atoms with E-state index >= 15 is 0 Å². The summed E-state index contributed by atoms with van der Waals surface area (Å²) in [6, 6.07) is 0. The number of Topliss-reactive ketones (excluding diaryl/α,β-unsaturated/α-hetero) is 2. The first kappa shape index (κ1) is 22.3. The molecule has 0 amide bonds. The Kier molecular flexibility index (Phi) is 8.55. The summed E-state index contributed by atoms with van der Waals surface area (Å²) in [6.45, 7) is 6.36. The maximum atomic E-state index is 13.0. The fourth-order valence-electron chi connectivity index (χ4n) is 4.20. The number of rotatable bonds is 3. The first-order valence-electron chi connectivity index (χ1n) is 10.3. The van der Waals surface area contributed by atoms with E-state index in [1.165, 1.54) is 31.4 Å². The minimum absolute atomic E-state index is 0.0815. The second-order valence-corrected chi connectivity index (χ2v) is 10.9. The molecule has 4 atom stereocenters. The molecule has 150 valence electrons. The average Bonchev–Trinajstić information content (AvgIpc) is 2.66. The largest absolute Gasteiger partial charge is 0.324 e. The molecule has 0 radical (unpaired) electrons. The van der Waals surface area contributed by atoms with E-state index < -0.39 is 5.41 Å². The molecule has 3 nitrogen and oxygen atoms in total. The van der Waals surface area contributed by atoms with Gasteiger partial charge in [-0.2, -0.15) is 23.5 Å². The maximum absolute atomic E-state index is 13.0. The monoisotopic (exact) mass is 399 g/mol. The highest BCUT2D eigenvalue weighted by molar-refractivity contribution is 7.99. The van der Waals surface area contributed by atoms with Gasteiger partial charge in [-0.3, -0.25) is 9.59 Å². The molecule has 2 rings (SSSR count). The summed E-state index contributed by atoms with van der Waals surface area (Å²) in [5, 5.41) is 0. The Morgan fingerprint density at radius 2 is 1.69 bits per heavy atom. The van der Waals surface area contributed by atoms with Crippen molar-refractivity contribution < 1.29 is 9.59 Å². The van der Waals surface area contributed by atoms with Crippen molar-refractivity contribution in [1.82, 2.24) is 0 Å². The highest BCUT2D eigenvalue weighted by Crippen LogP contribution is 2.40. The third-order valence-electron chi connectivity index (χ3n) is 6.79. The summed E-state index contributed by atoms with van der Waals surface area (Å²) in [6.07, 6.45) is 7.36. The summed E-state index contributed by atoms with van der Waals surface area (Å²) in [5.41, 5.74) is 4.98. The number of nitrogens with two attached hydrogens (primary N) is 1. The zero-order valence-electron chi connectivity index (χ0n) is 16.9. The number of thioether (sulfide) groups is 2. The van der Waals surface area contributed by atoms with Crippen LogP contribution in [-0.4, -0.2) is 41.1 Å². The van der Waals surface area contributed by atoms with Crippen LogP contribution in [0.2, 0.25) is 0 Å². The standard InChI is InChI=1S/C21H37NO2S2/c1-4-20(2)14-25-12-16-7-5-6-8-17(16)13-26-15-21(3,19(24)11-22)10-9-18(20)23/h16-17H,4-15,22H2,1-3H3/t16-,17-,20+,21+/m1/s1. The molecule has 2 fully saturated rings. The van der Waals surface area contributed by atoms with Gasteiger partial charge in [0.15, 0.2) is 5.78 Å². The van der Waals surface area contributed by atoms with Crippen molar-refractivity contribution in [3.63, 3.8) is 0 Å². The SMILES string of the molecule is CC[C@@]1(C)CSC[C@H]2CCCC[C@@H]2CSC[C@@](C)(C(=O)CN)CCC1=O. The molecule has 1 heterocycles. The van der Waals surface area contributed by atoms with Crippen LogP contribution in [0.5, 0.6) is 0 Å². The van der Waals surface area contributed by atoms with E-state index in [4.69, 9.17) is 5.73 Å². The molecule has 0 bridgehead atoms. The second-order valence-electron chi connectivity index (χ2n) is 8.86. The number of hydrogen-bond acceptors (Lipinski definition) is 5. The van der Waals surface area contributed by atoms with E-state index in [-0.39, 0.29) is 17.7 Å². The van der Waals surface area contributed by atoms with Gasteiger partial charge in [0.05, 0.1) is 6.54 Å². The Morgan fingerprint density at radius 1 is 1.12 bits per heavy atom. The molecule has 0 aromatic heterocycles. The van der Waals surface area contributed by atoms with Gasteiger partial charge < -0.3 is 5.73 Å². The van der Waals surface area contributed by atoms with Crippen LogP contribution in [0.4, 0.5) is 0 Å². The summed E-state index contributed by atoms with van der Waals surface area (Å²) < 4.78 is 0. The lowest BCUT2D eigenvalue weighted by atomic mass is 9.77. The number of carbonyl (C=O) groups excluding carboxylic acids is 2. The second kappa shape index (κ2) is 9.97.